The normalized spacial score (nSPS) is 20.4. The Labute approximate surface area is 276 Å². The molecule has 10 nitrogen and oxygen atoms in total. The lowest BCUT2D eigenvalue weighted by Crippen LogP contribution is -2.57. The maximum absolute atomic E-state index is 14.0. The van der Waals surface area contributed by atoms with E-state index in [0.29, 0.717) is 67.9 Å². The van der Waals surface area contributed by atoms with Gasteiger partial charge in [-0.1, -0.05) is 35.7 Å². The van der Waals surface area contributed by atoms with Crippen LogP contribution in [0.2, 0.25) is 5.02 Å². The van der Waals surface area contributed by atoms with E-state index in [2.05, 4.69) is 21.5 Å². The Kier molecular flexibility index (Phi) is 9.90. The van der Waals surface area contributed by atoms with Gasteiger partial charge in [-0.15, -0.1) is 6.42 Å². The first kappa shape index (κ1) is 32.0. The van der Waals surface area contributed by atoms with Crippen LogP contribution in [-0.4, -0.2) is 102 Å². The molecule has 46 heavy (non-hydrogen) atoms. The van der Waals surface area contributed by atoms with Gasteiger partial charge >= 0.3 is 12.1 Å². The van der Waals surface area contributed by atoms with Gasteiger partial charge in [-0.25, -0.2) is 9.59 Å². The molecule has 0 bridgehead atoms. The molecule has 0 saturated carbocycles. The molecule has 3 fully saturated rings. The van der Waals surface area contributed by atoms with Gasteiger partial charge in [-0.3, -0.25) is 4.79 Å². The maximum atomic E-state index is 14.0. The second kappa shape index (κ2) is 14.2. The molecular formula is C35H44ClN7O3. The van der Waals surface area contributed by atoms with E-state index in [1.165, 1.54) is 12.8 Å². The van der Waals surface area contributed by atoms with Gasteiger partial charge in [0.15, 0.2) is 0 Å². The van der Waals surface area contributed by atoms with E-state index in [-0.39, 0.29) is 30.4 Å². The minimum absolute atomic E-state index is 0.0341. The standard InChI is InChI=1S/C35H44ClN7O3/c1-2-25-21-24(22-29(36)32(25)37)23-31(33(44)41-16-10-27(11-17-41)40-14-5-6-15-40)39-34(45)42-18-12-28(13-19-42)43-20-9-26-7-3-4-8-30(26)38-35(43)46/h1,3-4,7-8,21-22,27-28,31H,5-6,9-20,23,37H2,(H,38,46)(H,39,45)/t31-/m1/s1. The third-order valence-corrected chi connectivity index (χ3v) is 10.5. The number of likely N-dealkylation sites (tertiary alicyclic amines) is 3. The zero-order valence-electron chi connectivity index (χ0n) is 26.3. The molecule has 0 spiro atoms. The third kappa shape index (κ3) is 7.06. The average molecular weight is 646 g/mol. The molecule has 0 aliphatic carbocycles. The van der Waals surface area contributed by atoms with Crippen LogP contribution in [0.15, 0.2) is 36.4 Å². The number of rotatable bonds is 6. The number of carbonyl (C=O) groups excluding carboxylic acids is 3. The van der Waals surface area contributed by atoms with Crippen molar-refractivity contribution in [2.75, 3.05) is 56.9 Å². The quantitative estimate of drug-likeness (QED) is 0.323. The molecule has 0 radical (unpaired) electrons. The van der Waals surface area contributed by atoms with Crippen LogP contribution < -0.4 is 16.4 Å². The van der Waals surface area contributed by atoms with Crippen molar-refractivity contribution in [2.45, 2.75) is 69.5 Å². The molecule has 244 valence electrons. The van der Waals surface area contributed by atoms with E-state index in [1.807, 2.05) is 34.1 Å². The molecule has 2 aromatic rings. The Bertz CT molecular complexity index is 1490. The largest absolute Gasteiger partial charge is 0.397 e. The monoisotopic (exact) mass is 645 g/mol. The lowest BCUT2D eigenvalue weighted by Gasteiger charge is -2.39. The number of nitrogens with two attached hydrogens (primary N) is 1. The molecule has 4 aliphatic rings. The molecular weight excluding hydrogens is 602 g/mol. The van der Waals surface area contributed by atoms with Crippen LogP contribution in [0.1, 0.15) is 55.2 Å². The SMILES string of the molecule is C#Cc1cc(C[C@@H](NC(=O)N2CCC(N3CCc4ccccc4NC3=O)CC2)C(=O)N2CCC(N3CCCC3)CC2)cc(Cl)c1N. The number of fused-ring (bicyclic) bond motifs is 1. The van der Waals surface area contributed by atoms with Crippen molar-refractivity contribution < 1.29 is 14.4 Å². The number of amides is 5. The van der Waals surface area contributed by atoms with Crippen LogP contribution in [0.4, 0.5) is 21.0 Å². The Morgan fingerprint density at radius 2 is 1.65 bits per heavy atom. The summed E-state index contributed by atoms with van der Waals surface area (Å²) < 4.78 is 0. The Balaban J connectivity index is 1.10. The summed E-state index contributed by atoms with van der Waals surface area (Å²) in [4.78, 5) is 48.8. The molecule has 2 aromatic carbocycles. The zero-order chi connectivity index (χ0) is 32.2. The highest BCUT2D eigenvalue weighted by atomic mass is 35.5. The molecule has 6 rings (SSSR count). The molecule has 3 saturated heterocycles. The predicted molar refractivity (Wildman–Crippen MR) is 181 cm³/mol. The van der Waals surface area contributed by atoms with Crippen molar-refractivity contribution in [3.63, 3.8) is 0 Å². The van der Waals surface area contributed by atoms with Crippen molar-refractivity contribution in [3.8, 4) is 12.3 Å². The number of benzene rings is 2. The maximum Gasteiger partial charge on any atom is 0.322 e. The van der Waals surface area contributed by atoms with Crippen molar-refractivity contribution in [3.05, 3.63) is 58.1 Å². The number of nitrogens with one attached hydrogen (secondary N) is 2. The summed E-state index contributed by atoms with van der Waals surface area (Å²) in [6.07, 6.45) is 12.4. The van der Waals surface area contributed by atoms with Gasteiger partial charge in [-0.2, -0.15) is 0 Å². The molecule has 5 amide bonds. The molecule has 0 aromatic heterocycles. The fourth-order valence-corrected chi connectivity index (χ4v) is 7.73. The molecule has 4 heterocycles. The van der Waals surface area contributed by atoms with Crippen molar-refractivity contribution in [1.29, 1.82) is 0 Å². The molecule has 4 aliphatic heterocycles. The highest BCUT2D eigenvalue weighted by molar-refractivity contribution is 6.33. The Morgan fingerprint density at radius 1 is 0.978 bits per heavy atom. The summed E-state index contributed by atoms with van der Waals surface area (Å²) in [7, 11) is 0. The highest BCUT2D eigenvalue weighted by Gasteiger charge is 2.35. The Morgan fingerprint density at radius 3 is 2.37 bits per heavy atom. The fraction of sp³-hybridized carbons (Fsp3) is 0.514. The number of para-hydroxylation sites is 1. The summed E-state index contributed by atoms with van der Waals surface area (Å²) in [6, 6.07) is 10.8. The second-order valence-electron chi connectivity index (χ2n) is 12.9. The Hall–Kier alpha value is -3.94. The zero-order valence-corrected chi connectivity index (χ0v) is 27.1. The number of nitrogen functional groups attached to an aromatic ring is 1. The molecule has 1 atom stereocenters. The summed E-state index contributed by atoms with van der Waals surface area (Å²) in [5, 5.41) is 6.44. The predicted octanol–water partition coefficient (Wildman–Crippen LogP) is 4.17. The lowest BCUT2D eigenvalue weighted by molar-refractivity contribution is -0.134. The number of carbonyl (C=O) groups is 3. The van der Waals surface area contributed by atoms with Crippen LogP contribution in [0, 0.1) is 12.3 Å². The summed E-state index contributed by atoms with van der Waals surface area (Å²) in [6.45, 7) is 5.22. The van der Waals surface area contributed by atoms with Gasteiger partial charge in [0.1, 0.15) is 6.04 Å². The summed E-state index contributed by atoms with van der Waals surface area (Å²) >= 11 is 6.39. The van der Waals surface area contributed by atoms with Crippen LogP contribution in [0.25, 0.3) is 0 Å². The number of halogens is 1. The molecule has 11 heteroatoms. The van der Waals surface area contributed by atoms with Crippen molar-refractivity contribution in [1.82, 2.24) is 24.9 Å². The number of piperidine rings is 2. The summed E-state index contributed by atoms with van der Waals surface area (Å²) in [5.41, 5.74) is 9.58. The smallest absolute Gasteiger partial charge is 0.322 e. The first-order valence-corrected chi connectivity index (χ1v) is 17.0. The van der Waals surface area contributed by atoms with E-state index in [4.69, 9.17) is 23.8 Å². The van der Waals surface area contributed by atoms with E-state index < -0.39 is 6.04 Å². The van der Waals surface area contributed by atoms with E-state index in [1.54, 1.807) is 17.0 Å². The highest BCUT2D eigenvalue weighted by Crippen LogP contribution is 2.28. The second-order valence-corrected chi connectivity index (χ2v) is 13.3. The number of nitrogens with zero attached hydrogens (tertiary/aromatic N) is 4. The number of urea groups is 2. The average Bonchev–Trinajstić information content (AvgIpc) is 3.56. The van der Waals surface area contributed by atoms with E-state index in [9.17, 15) is 14.4 Å². The number of terminal acetylenes is 1. The van der Waals surface area contributed by atoms with E-state index in [0.717, 1.165) is 49.2 Å². The number of hydrogen-bond acceptors (Lipinski definition) is 5. The van der Waals surface area contributed by atoms with Crippen LogP contribution >= 0.6 is 11.6 Å². The molecule has 0 unspecified atom stereocenters. The number of hydrogen-bond donors (Lipinski definition) is 3. The van der Waals surface area contributed by atoms with Crippen LogP contribution in [-0.2, 0) is 17.6 Å². The van der Waals surface area contributed by atoms with Gasteiger partial charge in [0.2, 0.25) is 5.91 Å². The topological polar surface area (TPSA) is 114 Å². The van der Waals surface area contributed by atoms with Gasteiger partial charge in [-0.05, 0) is 87.4 Å². The van der Waals surface area contributed by atoms with Gasteiger partial charge in [0, 0.05) is 62.5 Å². The first-order chi connectivity index (χ1) is 22.3. The van der Waals surface area contributed by atoms with Crippen molar-refractivity contribution in [2.24, 2.45) is 0 Å². The minimum atomic E-state index is -0.784. The first-order valence-electron chi connectivity index (χ1n) is 16.6. The molecule has 4 N–H and O–H groups in total. The van der Waals surface area contributed by atoms with Crippen LogP contribution in [0.5, 0.6) is 0 Å². The lowest BCUT2D eigenvalue weighted by atomic mass is 9.99. The minimum Gasteiger partial charge on any atom is -0.397 e. The third-order valence-electron chi connectivity index (χ3n) is 10.1. The van der Waals surface area contributed by atoms with Crippen LogP contribution in [0.3, 0.4) is 0 Å². The number of anilines is 2. The van der Waals surface area contributed by atoms with Crippen molar-refractivity contribution >= 4 is 40.9 Å². The van der Waals surface area contributed by atoms with Gasteiger partial charge in [0.25, 0.3) is 0 Å². The van der Waals surface area contributed by atoms with Gasteiger partial charge in [0.05, 0.1) is 10.7 Å². The summed E-state index contributed by atoms with van der Waals surface area (Å²) in [5.74, 6) is 2.47. The van der Waals surface area contributed by atoms with Gasteiger partial charge < -0.3 is 36.0 Å². The van der Waals surface area contributed by atoms with E-state index >= 15 is 0 Å². The fourth-order valence-electron chi connectivity index (χ4n) is 7.48.